The minimum absolute atomic E-state index is 0.471. The van der Waals surface area contributed by atoms with Crippen molar-refractivity contribution in [2.75, 3.05) is 38.2 Å². The second kappa shape index (κ2) is 9.34. The third-order valence-corrected chi connectivity index (χ3v) is 4.95. The van der Waals surface area contributed by atoms with Gasteiger partial charge < -0.3 is 14.4 Å². The van der Waals surface area contributed by atoms with Crippen molar-refractivity contribution in [1.82, 2.24) is 19.9 Å². The zero-order valence-corrected chi connectivity index (χ0v) is 16.6. The topological polar surface area (TPSA) is 63.6 Å². The molecule has 0 atom stereocenters. The zero-order chi connectivity index (χ0) is 19.9. The summed E-state index contributed by atoms with van der Waals surface area (Å²) in [6.45, 7) is 4.96. The first-order valence-electron chi connectivity index (χ1n) is 9.77. The molecule has 1 aliphatic rings. The van der Waals surface area contributed by atoms with Crippen LogP contribution in [0.2, 0.25) is 0 Å². The molecule has 0 aliphatic carbocycles. The third kappa shape index (κ3) is 5.00. The molecule has 150 valence electrons. The lowest BCUT2D eigenvalue weighted by molar-refractivity contribution is 0.239. The highest BCUT2D eigenvalue weighted by Gasteiger charge is 2.20. The largest absolute Gasteiger partial charge is 0.487 e. The molecule has 2 aromatic heterocycles. The standard InChI is InChI=1S/C22H25N5O2/c1-28-21-9-11-24-22(25-21)27-14-12-26(13-15-27)16-18-6-2-3-8-20(18)29-17-19-7-4-5-10-23-19/h2-11H,12-17H2,1H3. The number of pyridine rings is 1. The molecule has 7 nitrogen and oxygen atoms in total. The molecule has 1 aromatic carbocycles. The van der Waals surface area contributed by atoms with Crippen LogP contribution < -0.4 is 14.4 Å². The van der Waals surface area contributed by atoms with Gasteiger partial charge >= 0.3 is 0 Å². The van der Waals surface area contributed by atoms with E-state index in [1.807, 2.05) is 30.3 Å². The molecule has 3 aromatic rings. The quantitative estimate of drug-likeness (QED) is 0.614. The highest BCUT2D eigenvalue weighted by Crippen LogP contribution is 2.22. The Morgan fingerprint density at radius 2 is 1.72 bits per heavy atom. The van der Waals surface area contributed by atoms with Gasteiger partial charge in [-0.25, -0.2) is 4.98 Å². The fourth-order valence-corrected chi connectivity index (χ4v) is 3.36. The summed E-state index contributed by atoms with van der Waals surface area (Å²) in [6.07, 6.45) is 3.53. The van der Waals surface area contributed by atoms with Crippen LogP contribution in [0.15, 0.2) is 60.9 Å². The Morgan fingerprint density at radius 1 is 0.897 bits per heavy atom. The highest BCUT2D eigenvalue weighted by atomic mass is 16.5. The van der Waals surface area contributed by atoms with E-state index in [0.29, 0.717) is 12.5 Å². The van der Waals surface area contributed by atoms with Crippen LogP contribution in [0.4, 0.5) is 5.95 Å². The fourth-order valence-electron chi connectivity index (χ4n) is 3.36. The number of anilines is 1. The summed E-state index contributed by atoms with van der Waals surface area (Å²) < 4.78 is 11.3. The maximum Gasteiger partial charge on any atom is 0.228 e. The van der Waals surface area contributed by atoms with Gasteiger partial charge in [0.2, 0.25) is 11.8 Å². The highest BCUT2D eigenvalue weighted by molar-refractivity contribution is 5.35. The Morgan fingerprint density at radius 3 is 2.52 bits per heavy atom. The van der Waals surface area contributed by atoms with Crippen LogP contribution in [0.1, 0.15) is 11.3 Å². The number of ether oxygens (including phenoxy) is 2. The van der Waals surface area contributed by atoms with Crippen molar-refractivity contribution in [1.29, 1.82) is 0 Å². The van der Waals surface area contributed by atoms with Gasteiger partial charge in [-0.1, -0.05) is 24.3 Å². The van der Waals surface area contributed by atoms with Crippen LogP contribution >= 0.6 is 0 Å². The molecule has 7 heteroatoms. The lowest BCUT2D eigenvalue weighted by Gasteiger charge is -2.35. The Kier molecular flexibility index (Phi) is 6.16. The molecule has 0 saturated carbocycles. The number of piperazine rings is 1. The van der Waals surface area contributed by atoms with E-state index in [0.717, 1.165) is 50.1 Å². The molecule has 1 saturated heterocycles. The molecule has 0 unspecified atom stereocenters. The molecule has 1 fully saturated rings. The SMILES string of the molecule is COc1ccnc(N2CCN(Cc3ccccc3OCc3ccccn3)CC2)n1. The van der Waals surface area contributed by atoms with E-state index in [1.165, 1.54) is 5.56 Å². The minimum Gasteiger partial charge on any atom is -0.487 e. The molecule has 4 rings (SSSR count). The number of hydrogen-bond acceptors (Lipinski definition) is 7. The molecular formula is C22H25N5O2. The maximum atomic E-state index is 6.05. The zero-order valence-electron chi connectivity index (χ0n) is 16.6. The van der Waals surface area contributed by atoms with Gasteiger partial charge in [-0.3, -0.25) is 9.88 Å². The van der Waals surface area contributed by atoms with Crippen molar-refractivity contribution in [3.8, 4) is 11.6 Å². The monoisotopic (exact) mass is 391 g/mol. The van der Waals surface area contributed by atoms with Gasteiger partial charge in [0.1, 0.15) is 12.4 Å². The number of nitrogens with zero attached hydrogens (tertiary/aromatic N) is 5. The maximum absolute atomic E-state index is 6.05. The molecule has 1 aliphatic heterocycles. The summed E-state index contributed by atoms with van der Waals surface area (Å²) in [5, 5.41) is 0. The average Bonchev–Trinajstić information content (AvgIpc) is 2.80. The van der Waals surface area contributed by atoms with E-state index in [1.54, 1.807) is 25.6 Å². The van der Waals surface area contributed by atoms with Gasteiger partial charge in [-0.05, 0) is 18.2 Å². The molecule has 29 heavy (non-hydrogen) atoms. The Labute approximate surface area is 171 Å². The van der Waals surface area contributed by atoms with Crippen LogP contribution in [-0.4, -0.2) is 53.1 Å². The predicted octanol–water partition coefficient (Wildman–Crippen LogP) is 2.78. The van der Waals surface area contributed by atoms with Gasteiger partial charge in [0, 0.05) is 56.7 Å². The smallest absolute Gasteiger partial charge is 0.228 e. The van der Waals surface area contributed by atoms with Crippen LogP contribution in [0.3, 0.4) is 0 Å². The van der Waals surface area contributed by atoms with Crippen molar-refractivity contribution in [2.24, 2.45) is 0 Å². The normalized spacial score (nSPS) is 14.6. The van der Waals surface area contributed by atoms with Gasteiger partial charge in [0.05, 0.1) is 12.8 Å². The van der Waals surface area contributed by atoms with Crippen LogP contribution in [-0.2, 0) is 13.2 Å². The van der Waals surface area contributed by atoms with E-state index in [4.69, 9.17) is 9.47 Å². The summed E-state index contributed by atoms with van der Waals surface area (Å²) in [4.78, 5) is 17.8. The van der Waals surface area contributed by atoms with Crippen LogP contribution in [0, 0.1) is 0 Å². The third-order valence-electron chi connectivity index (χ3n) is 4.95. The summed E-state index contributed by atoms with van der Waals surface area (Å²) in [7, 11) is 1.62. The van der Waals surface area contributed by atoms with E-state index < -0.39 is 0 Å². The molecule has 0 radical (unpaired) electrons. The molecular weight excluding hydrogens is 366 g/mol. The number of hydrogen-bond donors (Lipinski definition) is 0. The van der Waals surface area contributed by atoms with Crippen LogP contribution in [0.25, 0.3) is 0 Å². The van der Waals surface area contributed by atoms with Gasteiger partial charge in [0.15, 0.2) is 0 Å². The minimum atomic E-state index is 0.471. The summed E-state index contributed by atoms with van der Waals surface area (Å²) in [5.41, 5.74) is 2.11. The Hall–Kier alpha value is -3.19. The van der Waals surface area contributed by atoms with Crippen molar-refractivity contribution >= 4 is 5.95 Å². The lowest BCUT2D eigenvalue weighted by Crippen LogP contribution is -2.46. The number of para-hydroxylation sites is 1. The fraction of sp³-hybridized carbons (Fsp3) is 0.318. The van der Waals surface area contributed by atoms with Gasteiger partial charge in [-0.15, -0.1) is 0 Å². The summed E-state index contributed by atoms with van der Waals surface area (Å²) in [5.74, 6) is 2.23. The Bertz CT molecular complexity index is 914. The predicted molar refractivity (Wildman–Crippen MR) is 111 cm³/mol. The second-order valence-electron chi connectivity index (χ2n) is 6.88. The first-order valence-corrected chi connectivity index (χ1v) is 9.77. The van der Waals surface area contributed by atoms with E-state index in [9.17, 15) is 0 Å². The molecule has 0 N–H and O–H groups in total. The summed E-state index contributed by atoms with van der Waals surface area (Å²) >= 11 is 0. The molecule has 0 bridgehead atoms. The van der Waals surface area contributed by atoms with E-state index in [-0.39, 0.29) is 0 Å². The lowest BCUT2D eigenvalue weighted by atomic mass is 10.1. The molecule has 3 heterocycles. The Balaban J connectivity index is 1.34. The van der Waals surface area contributed by atoms with Crippen LogP contribution in [0.5, 0.6) is 11.6 Å². The number of methoxy groups -OCH3 is 1. The van der Waals surface area contributed by atoms with Crippen molar-refractivity contribution in [3.63, 3.8) is 0 Å². The van der Waals surface area contributed by atoms with Crippen molar-refractivity contribution < 1.29 is 9.47 Å². The average molecular weight is 391 g/mol. The van der Waals surface area contributed by atoms with Crippen molar-refractivity contribution in [3.05, 3.63) is 72.2 Å². The first-order chi connectivity index (χ1) is 14.3. The van der Waals surface area contributed by atoms with Gasteiger partial charge in [0.25, 0.3) is 0 Å². The van der Waals surface area contributed by atoms with E-state index >= 15 is 0 Å². The summed E-state index contributed by atoms with van der Waals surface area (Å²) in [6, 6.07) is 15.9. The number of rotatable bonds is 7. The van der Waals surface area contributed by atoms with Crippen molar-refractivity contribution in [2.45, 2.75) is 13.2 Å². The van der Waals surface area contributed by atoms with Gasteiger partial charge in [-0.2, -0.15) is 4.98 Å². The molecule has 0 amide bonds. The first kappa shape index (κ1) is 19.1. The second-order valence-corrected chi connectivity index (χ2v) is 6.88. The van der Waals surface area contributed by atoms with E-state index in [2.05, 4.69) is 36.9 Å². The number of benzene rings is 1. The number of aromatic nitrogens is 3. The molecule has 0 spiro atoms.